The van der Waals surface area contributed by atoms with E-state index >= 15 is 0 Å². The molecular weight excluding hydrogens is 286 g/mol. The lowest BCUT2D eigenvalue weighted by molar-refractivity contribution is 0.520. The third-order valence-electron chi connectivity index (χ3n) is 3.97. The number of nitrogen functional groups attached to an aromatic ring is 1. The van der Waals surface area contributed by atoms with Gasteiger partial charge in [0.25, 0.3) is 0 Å². The molecular formula is C15H25N3O2S. The lowest BCUT2D eigenvalue weighted by Gasteiger charge is -2.28. The van der Waals surface area contributed by atoms with Crippen LogP contribution in [0.4, 0.5) is 11.4 Å². The Morgan fingerprint density at radius 3 is 2.14 bits per heavy atom. The molecule has 2 rings (SSSR count). The molecule has 1 aliphatic heterocycles. The maximum absolute atomic E-state index is 12.1. The first-order chi connectivity index (χ1) is 9.93. The largest absolute Gasteiger partial charge is 0.397 e. The predicted octanol–water partition coefficient (Wildman–Crippen LogP) is 2.29. The van der Waals surface area contributed by atoms with Crippen molar-refractivity contribution in [3.8, 4) is 0 Å². The molecule has 0 unspecified atom stereocenters. The highest BCUT2D eigenvalue weighted by atomic mass is 32.2. The summed E-state index contributed by atoms with van der Waals surface area (Å²) in [6.45, 7) is 1.98. The predicted molar refractivity (Wildman–Crippen MR) is 87.0 cm³/mol. The van der Waals surface area contributed by atoms with Gasteiger partial charge in [0.05, 0.1) is 16.3 Å². The number of hydrogen-bond donors (Lipinski definition) is 1. The fraction of sp³-hybridized carbons (Fsp3) is 0.600. The fourth-order valence-electron chi connectivity index (χ4n) is 2.68. The van der Waals surface area contributed by atoms with Gasteiger partial charge in [-0.2, -0.15) is 0 Å². The van der Waals surface area contributed by atoms with E-state index in [1.165, 1.54) is 37.7 Å². The van der Waals surface area contributed by atoms with Crippen LogP contribution in [0.5, 0.6) is 0 Å². The smallest absolute Gasteiger partial charge is 0.242 e. The summed E-state index contributed by atoms with van der Waals surface area (Å²) in [6.07, 6.45) is 6.14. The topological polar surface area (TPSA) is 66.6 Å². The van der Waals surface area contributed by atoms with Crippen LogP contribution in [0.2, 0.25) is 0 Å². The molecule has 0 radical (unpaired) electrons. The number of rotatable bonds is 3. The quantitative estimate of drug-likeness (QED) is 0.870. The van der Waals surface area contributed by atoms with E-state index in [-0.39, 0.29) is 4.90 Å². The van der Waals surface area contributed by atoms with Gasteiger partial charge in [-0.15, -0.1) is 0 Å². The molecule has 2 N–H and O–H groups in total. The molecule has 0 amide bonds. The molecule has 1 aromatic rings. The zero-order valence-corrected chi connectivity index (χ0v) is 13.7. The van der Waals surface area contributed by atoms with Gasteiger partial charge in [0.2, 0.25) is 10.0 Å². The van der Waals surface area contributed by atoms with Gasteiger partial charge in [-0.3, -0.25) is 0 Å². The Bertz CT molecular complexity index is 577. The summed E-state index contributed by atoms with van der Waals surface area (Å²) in [5.74, 6) is 0. The van der Waals surface area contributed by atoms with E-state index in [4.69, 9.17) is 5.73 Å². The molecule has 0 saturated carbocycles. The van der Waals surface area contributed by atoms with Crippen molar-refractivity contribution < 1.29 is 8.42 Å². The second kappa shape index (κ2) is 6.66. The Morgan fingerprint density at radius 1 is 1.05 bits per heavy atom. The Hall–Kier alpha value is -1.27. The molecule has 1 fully saturated rings. The summed E-state index contributed by atoms with van der Waals surface area (Å²) in [7, 11) is -0.374. The molecule has 0 atom stereocenters. The van der Waals surface area contributed by atoms with Gasteiger partial charge in [0, 0.05) is 27.2 Å². The van der Waals surface area contributed by atoms with Crippen LogP contribution in [0.3, 0.4) is 0 Å². The Morgan fingerprint density at radius 2 is 1.62 bits per heavy atom. The summed E-state index contributed by atoms with van der Waals surface area (Å²) >= 11 is 0. The highest BCUT2D eigenvalue weighted by Crippen LogP contribution is 2.28. The number of anilines is 2. The molecule has 5 nitrogen and oxygen atoms in total. The van der Waals surface area contributed by atoms with Crippen molar-refractivity contribution in [1.82, 2.24) is 4.31 Å². The van der Waals surface area contributed by atoms with Crippen LogP contribution in [-0.4, -0.2) is 39.9 Å². The number of nitrogens with two attached hydrogens (primary N) is 1. The van der Waals surface area contributed by atoms with E-state index in [9.17, 15) is 8.42 Å². The van der Waals surface area contributed by atoms with Gasteiger partial charge < -0.3 is 10.6 Å². The Labute approximate surface area is 127 Å². The maximum Gasteiger partial charge on any atom is 0.242 e. The van der Waals surface area contributed by atoms with Crippen molar-refractivity contribution in [2.24, 2.45) is 0 Å². The molecule has 1 aromatic carbocycles. The average molecular weight is 311 g/mol. The summed E-state index contributed by atoms with van der Waals surface area (Å²) in [5, 5.41) is 0. The molecule has 118 valence electrons. The van der Waals surface area contributed by atoms with Crippen molar-refractivity contribution >= 4 is 21.4 Å². The zero-order valence-electron chi connectivity index (χ0n) is 12.9. The van der Waals surface area contributed by atoms with Crippen LogP contribution in [0.15, 0.2) is 23.1 Å². The highest BCUT2D eigenvalue weighted by molar-refractivity contribution is 7.89. The Balaban J connectivity index is 2.26. The van der Waals surface area contributed by atoms with Crippen molar-refractivity contribution in [1.29, 1.82) is 0 Å². The monoisotopic (exact) mass is 311 g/mol. The van der Waals surface area contributed by atoms with Crippen LogP contribution in [0.1, 0.15) is 32.1 Å². The average Bonchev–Trinajstić information content (AvgIpc) is 2.39. The molecule has 1 saturated heterocycles. The van der Waals surface area contributed by atoms with Gasteiger partial charge >= 0.3 is 0 Å². The minimum Gasteiger partial charge on any atom is -0.397 e. The normalized spacial score (nSPS) is 17.6. The first kappa shape index (κ1) is 16.1. The molecule has 0 aliphatic carbocycles. The van der Waals surface area contributed by atoms with Crippen LogP contribution >= 0.6 is 0 Å². The van der Waals surface area contributed by atoms with Crippen molar-refractivity contribution in [2.45, 2.75) is 37.0 Å². The number of hydrogen-bond acceptors (Lipinski definition) is 4. The first-order valence-electron chi connectivity index (χ1n) is 7.50. The van der Waals surface area contributed by atoms with E-state index in [2.05, 4.69) is 4.90 Å². The van der Waals surface area contributed by atoms with E-state index in [0.717, 1.165) is 31.6 Å². The van der Waals surface area contributed by atoms with Crippen molar-refractivity contribution in [2.75, 3.05) is 37.8 Å². The van der Waals surface area contributed by atoms with Gasteiger partial charge in [-0.1, -0.05) is 19.3 Å². The maximum atomic E-state index is 12.1. The van der Waals surface area contributed by atoms with Gasteiger partial charge in [-0.05, 0) is 31.0 Å². The Kier molecular flexibility index (Phi) is 5.11. The molecule has 1 heterocycles. The van der Waals surface area contributed by atoms with E-state index < -0.39 is 10.0 Å². The standard InChI is InChI=1S/C15H25N3O2S/c1-17(2)21(19,20)13-8-9-15(14(16)12-13)18-10-6-4-3-5-7-11-18/h8-9,12H,3-7,10-11,16H2,1-2H3. The molecule has 0 bridgehead atoms. The van der Waals surface area contributed by atoms with Crippen LogP contribution in [-0.2, 0) is 10.0 Å². The molecule has 0 spiro atoms. The van der Waals surface area contributed by atoms with Crippen LogP contribution in [0.25, 0.3) is 0 Å². The number of nitrogens with zero attached hydrogens (tertiary/aromatic N) is 2. The lowest BCUT2D eigenvalue weighted by atomic mass is 10.1. The second-order valence-corrected chi connectivity index (χ2v) is 7.91. The minimum absolute atomic E-state index is 0.251. The number of benzene rings is 1. The SMILES string of the molecule is CN(C)S(=O)(=O)c1ccc(N2CCCCCCC2)c(N)c1. The lowest BCUT2D eigenvalue weighted by Crippen LogP contribution is -2.28. The van der Waals surface area contributed by atoms with Crippen LogP contribution < -0.4 is 10.6 Å². The molecule has 1 aliphatic rings. The van der Waals surface area contributed by atoms with Gasteiger partial charge in [-0.25, -0.2) is 12.7 Å². The molecule has 0 aromatic heterocycles. The van der Waals surface area contributed by atoms with Crippen LogP contribution in [0, 0.1) is 0 Å². The van der Waals surface area contributed by atoms with E-state index in [1.807, 2.05) is 6.07 Å². The van der Waals surface area contributed by atoms with Gasteiger partial charge in [0.1, 0.15) is 0 Å². The summed E-state index contributed by atoms with van der Waals surface area (Å²) in [5.41, 5.74) is 7.61. The third-order valence-corrected chi connectivity index (χ3v) is 5.79. The van der Waals surface area contributed by atoms with E-state index in [0.29, 0.717) is 5.69 Å². The minimum atomic E-state index is -3.43. The molecule has 21 heavy (non-hydrogen) atoms. The highest BCUT2D eigenvalue weighted by Gasteiger charge is 2.19. The van der Waals surface area contributed by atoms with Crippen molar-refractivity contribution in [3.63, 3.8) is 0 Å². The van der Waals surface area contributed by atoms with E-state index in [1.54, 1.807) is 12.1 Å². The summed E-state index contributed by atoms with van der Waals surface area (Å²) in [6, 6.07) is 5.07. The fourth-order valence-corrected chi connectivity index (χ4v) is 3.62. The van der Waals surface area contributed by atoms with Crippen molar-refractivity contribution in [3.05, 3.63) is 18.2 Å². The summed E-state index contributed by atoms with van der Waals surface area (Å²) < 4.78 is 25.5. The molecule has 6 heteroatoms. The summed E-state index contributed by atoms with van der Waals surface area (Å²) in [4.78, 5) is 2.53. The van der Waals surface area contributed by atoms with Gasteiger partial charge in [0.15, 0.2) is 0 Å². The first-order valence-corrected chi connectivity index (χ1v) is 8.94. The zero-order chi connectivity index (χ0) is 15.5. The second-order valence-electron chi connectivity index (χ2n) is 5.76. The third kappa shape index (κ3) is 3.68. The number of sulfonamides is 1.